The van der Waals surface area contributed by atoms with E-state index in [9.17, 15) is 14.4 Å². The van der Waals surface area contributed by atoms with E-state index in [2.05, 4.69) is 15.5 Å². The van der Waals surface area contributed by atoms with E-state index in [1.807, 2.05) is 12.1 Å². The van der Waals surface area contributed by atoms with E-state index in [4.69, 9.17) is 10.5 Å². The number of carbonyl (C=O) groups is 3. The Morgan fingerprint density at radius 2 is 1.94 bits per heavy atom. The molecule has 1 unspecified atom stereocenters. The maximum absolute atomic E-state index is 12.9. The number of carbonyl (C=O) groups excluding carboxylic acids is 3. The van der Waals surface area contributed by atoms with Crippen molar-refractivity contribution in [2.45, 2.75) is 44.3 Å². The Morgan fingerprint density at radius 3 is 2.71 bits per heavy atom. The summed E-state index contributed by atoms with van der Waals surface area (Å²) in [5.41, 5.74) is 8.32. The lowest BCUT2D eigenvalue weighted by atomic mass is 10.0. The number of hydrogen-bond donors (Lipinski definition) is 3. The normalized spacial score (nSPS) is 22.5. The number of nitrogens with one attached hydrogen (secondary N) is 2. The molecule has 1 aromatic rings. The Balaban J connectivity index is 1.25. The molecule has 3 amide bonds. The lowest BCUT2D eigenvalue weighted by Crippen LogP contribution is -2.52. The summed E-state index contributed by atoms with van der Waals surface area (Å²) >= 11 is 0. The average molecular weight is 430 g/mol. The number of ether oxygens (including phenoxy) is 1. The molecule has 0 aliphatic carbocycles. The van der Waals surface area contributed by atoms with Crippen molar-refractivity contribution in [2.75, 3.05) is 44.7 Å². The number of anilines is 1. The van der Waals surface area contributed by atoms with Crippen molar-refractivity contribution in [1.82, 2.24) is 15.1 Å². The van der Waals surface area contributed by atoms with Crippen LogP contribution in [0.15, 0.2) is 18.2 Å². The molecule has 3 heterocycles. The number of rotatable bonds is 8. The predicted octanol–water partition coefficient (Wildman–Crippen LogP) is 0.299. The van der Waals surface area contributed by atoms with Gasteiger partial charge in [0.15, 0.2) is 0 Å². The zero-order valence-corrected chi connectivity index (χ0v) is 17.8. The molecule has 9 nitrogen and oxygen atoms in total. The molecule has 2 fully saturated rings. The van der Waals surface area contributed by atoms with Crippen LogP contribution in [0.2, 0.25) is 0 Å². The molecule has 0 radical (unpaired) electrons. The molecule has 3 aliphatic rings. The zero-order chi connectivity index (χ0) is 21.8. The van der Waals surface area contributed by atoms with Crippen LogP contribution in [-0.2, 0) is 20.9 Å². The number of benzene rings is 1. The van der Waals surface area contributed by atoms with Gasteiger partial charge < -0.3 is 25.6 Å². The van der Waals surface area contributed by atoms with E-state index < -0.39 is 11.9 Å². The lowest BCUT2D eigenvalue weighted by Gasteiger charge is -2.29. The molecule has 2 saturated heterocycles. The average Bonchev–Trinajstić information content (AvgIpc) is 3.09. The van der Waals surface area contributed by atoms with Crippen LogP contribution in [0.3, 0.4) is 0 Å². The van der Waals surface area contributed by atoms with Crippen LogP contribution >= 0.6 is 0 Å². The van der Waals surface area contributed by atoms with E-state index >= 15 is 0 Å². The summed E-state index contributed by atoms with van der Waals surface area (Å²) in [6.07, 6.45) is 2.72. The third-order valence-corrected chi connectivity index (χ3v) is 6.33. The smallest absolute Gasteiger partial charge is 0.255 e. The second-order valence-corrected chi connectivity index (χ2v) is 8.45. The minimum Gasteiger partial charge on any atom is -0.382 e. The summed E-state index contributed by atoms with van der Waals surface area (Å²) in [5.74, 6) is -0.835. The van der Waals surface area contributed by atoms with Gasteiger partial charge in [0.2, 0.25) is 11.8 Å². The van der Waals surface area contributed by atoms with Crippen molar-refractivity contribution in [2.24, 2.45) is 5.73 Å². The summed E-state index contributed by atoms with van der Waals surface area (Å²) in [5, 5.41) is 5.70. The fourth-order valence-electron chi connectivity index (χ4n) is 4.48. The maximum atomic E-state index is 12.9. The summed E-state index contributed by atoms with van der Waals surface area (Å²) in [6, 6.07) is 5.31. The molecule has 0 aromatic heterocycles. The van der Waals surface area contributed by atoms with Crippen molar-refractivity contribution in [3.63, 3.8) is 0 Å². The fraction of sp³-hybridized carbons (Fsp3) is 0.591. The zero-order valence-electron chi connectivity index (χ0n) is 17.8. The molecule has 4 rings (SSSR count). The van der Waals surface area contributed by atoms with E-state index in [0.29, 0.717) is 44.3 Å². The molecule has 0 bridgehead atoms. The van der Waals surface area contributed by atoms with E-state index in [1.54, 1.807) is 11.0 Å². The Labute approximate surface area is 182 Å². The molecule has 9 heteroatoms. The first-order valence-electron chi connectivity index (χ1n) is 11.1. The van der Waals surface area contributed by atoms with Gasteiger partial charge in [0.25, 0.3) is 5.91 Å². The summed E-state index contributed by atoms with van der Waals surface area (Å²) < 4.78 is 5.77. The topological polar surface area (TPSA) is 117 Å². The minimum absolute atomic E-state index is 0.161. The number of nitrogens with zero attached hydrogens (tertiary/aromatic N) is 2. The van der Waals surface area contributed by atoms with E-state index in [0.717, 1.165) is 43.7 Å². The number of amides is 3. The predicted molar refractivity (Wildman–Crippen MR) is 115 cm³/mol. The first-order valence-corrected chi connectivity index (χ1v) is 11.1. The van der Waals surface area contributed by atoms with Gasteiger partial charge in [0, 0.05) is 48.9 Å². The number of imide groups is 1. The van der Waals surface area contributed by atoms with Gasteiger partial charge in [-0.15, -0.1) is 0 Å². The molecule has 4 N–H and O–H groups in total. The quantitative estimate of drug-likeness (QED) is 0.402. The van der Waals surface area contributed by atoms with Crippen LogP contribution in [0.4, 0.5) is 5.69 Å². The Morgan fingerprint density at radius 1 is 1.13 bits per heavy atom. The summed E-state index contributed by atoms with van der Waals surface area (Å²) in [4.78, 5) is 40.4. The van der Waals surface area contributed by atoms with Gasteiger partial charge in [-0.2, -0.15) is 0 Å². The van der Waals surface area contributed by atoms with Crippen LogP contribution in [0, 0.1) is 0 Å². The number of nitrogens with two attached hydrogens (primary N) is 1. The van der Waals surface area contributed by atoms with Gasteiger partial charge in [0.05, 0.1) is 13.2 Å². The number of likely N-dealkylation sites (tertiary alicyclic amines) is 1. The van der Waals surface area contributed by atoms with Gasteiger partial charge in [-0.3, -0.25) is 19.7 Å². The minimum atomic E-state index is -0.599. The number of fused-ring (bicyclic) bond motifs is 1. The molecule has 1 aromatic carbocycles. The van der Waals surface area contributed by atoms with Gasteiger partial charge in [-0.05, 0) is 44.5 Å². The van der Waals surface area contributed by atoms with Crippen molar-refractivity contribution in [3.8, 4) is 0 Å². The molecule has 3 aliphatic heterocycles. The second kappa shape index (κ2) is 9.76. The highest BCUT2D eigenvalue weighted by atomic mass is 16.5. The molecule has 0 saturated carbocycles. The Hall–Kier alpha value is -2.49. The Bertz CT molecular complexity index is 837. The first-order chi connectivity index (χ1) is 15.0. The molecule has 0 spiro atoms. The van der Waals surface area contributed by atoms with E-state index in [1.165, 1.54) is 0 Å². The largest absolute Gasteiger partial charge is 0.382 e. The van der Waals surface area contributed by atoms with Crippen molar-refractivity contribution >= 4 is 23.4 Å². The van der Waals surface area contributed by atoms with Crippen LogP contribution in [0.1, 0.15) is 41.6 Å². The van der Waals surface area contributed by atoms with Crippen molar-refractivity contribution in [1.29, 1.82) is 0 Å². The highest BCUT2D eigenvalue weighted by molar-refractivity contribution is 6.06. The van der Waals surface area contributed by atoms with Crippen LogP contribution < -0.4 is 16.4 Å². The molecule has 168 valence electrons. The molecule has 1 atom stereocenters. The van der Waals surface area contributed by atoms with Gasteiger partial charge in [-0.1, -0.05) is 6.07 Å². The SMILES string of the molecule is NC1CCN(CCOCCNc2cccc3c2CN(C2CCC(=O)NC2=O)C3=O)CC1. The molecular weight excluding hydrogens is 398 g/mol. The third-order valence-electron chi connectivity index (χ3n) is 6.33. The second-order valence-electron chi connectivity index (χ2n) is 8.45. The van der Waals surface area contributed by atoms with Gasteiger partial charge in [-0.25, -0.2) is 0 Å². The van der Waals surface area contributed by atoms with Crippen molar-refractivity contribution in [3.05, 3.63) is 29.3 Å². The van der Waals surface area contributed by atoms with Gasteiger partial charge in [0.1, 0.15) is 6.04 Å². The molecule has 31 heavy (non-hydrogen) atoms. The van der Waals surface area contributed by atoms with Gasteiger partial charge >= 0.3 is 0 Å². The monoisotopic (exact) mass is 429 g/mol. The highest BCUT2D eigenvalue weighted by Gasteiger charge is 2.39. The fourth-order valence-corrected chi connectivity index (χ4v) is 4.48. The lowest BCUT2D eigenvalue weighted by molar-refractivity contribution is -0.136. The maximum Gasteiger partial charge on any atom is 0.255 e. The summed E-state index contributed by atoms with van der Waals surface area (Å²) in [7, 11) is 0. The Kier molecular flexibility index (Phi) is 6.84. The summed E-state index contributed by atoms with van der Waals surface area (Å²) in [6.45, 7) is 5.25. The number of hydrogen-bond acceptors (Lipinski definition) is 7. The third kappa shape index (κ3) is 5.06. The highest BCUT2D eigenvalue weighted by Crippen LogP contribution is 2.32. The van der Waals surface area contributed by atoms with E-state index in [-0.39, 0.29) is 18.2 Å². The molecular formula is C22H31N5O4. The van der Waals surface area contributed by atoms with Crippen LogP contribution in [0.5, 0.6) is 0 Å². The first kappa shape index (κ1) is 21.7. The standard InChI is InChI=1S/C22H31N5O4/c23-15-6-9-26(10-7-15)11-13-31-12-8-24-18-3-1-2-16-17(18)14-27(22(16)30)19-4-5-20(28)25-21(19)29/h1-3,15,19,24H,4-14,23H2,(H,25,28,29). The van der Waals surface area contributed by atoms with Crippen LogP contribution in [-0.4, -0.2) is 79.0 Å². The van der Waals surface area contributed by atoms with Crippen LogP contribution in [0.25, 0.3) is 0 Å². The number of piperidine rings is 2. The van der Waals surface area contributed by atoms with Crippen molar-refractivity contribution < 1.29 is 19.1 Å².